The number of fused-ring (bicyclic) bond motifs is 3. The molecule has 0 spiro atoms. The lowest BCUT2D eigenvalue weighted by Crippen LogP contribution is -2.41. The first-order valence-electron chi connectivity index (χ1n) is 16.7. The van der Waals surface area contributed by atoms with Crippen molar-refractivity contribution in [3.63, 3.8) is 0 Å². The molecule has 5 aromatic carbocycles. The summed E-state index contributed by atoms with van der Waals surface area (Å²) in [5.74, 6) is 1.79. The van der Waals surface area contributed by atoms with E-state index in [1.54, 1.807) is 27.4 Å². The summed E-state index contributed by atoms with van der Waals surface area (Å²) in [7, 11) is 4.89. The van der Waals surface area contributed by atoms with E-state index in [0.717, 1.165) is 50.9 Å². The van der Waals surface area contributed by atoms with Gasteiger partial charge in [0, 0.05) is 55.9 Å². The van der Waals surface area contributed by atoms with Crippen molar-refractivity contribution in [2.75, 3.05) is 44.2 Å². The summed E-state index contributed by atoms with van der Waals surface area (Å²) in [6.07, 6.45) is 0. The van der Waals surface area contributed by atoms with Gasteiger partial charge in [-0.3, -0.25) is 15.0 Å². The van der Waals surface area contributed by atoms with E-state index in [1.165, 1.54) is 18.2 Å². The summed E-state index contributed by atoms with van der Waals surface area (Å²) in [4.78, 5) is 19.4. The molecule has 5 aromatic rings. The Balaban J connectivity index is 1.40. The molecular weight excluding hydrogens is 671 g/mol. The maximum atomic E-state index is 15.0. The second kappa shape index (κ2) is 14.5. The number of ether oxygens (including phenoxy) is 3. The second-order valence-electron chi connectivity index (χ2n) is 12.8. The molecule has 0 saturated carbocycles. The van der Waals surface area contributed by atoms with E-state index in [2.05, 4.69) is 14.7 Å². The standard InChI is InChI=1S/C40H38ClFN4O5/c1-49-30-11-4-26(5-12-30)22-43-18-19-44(23-27-6-13-31(50-2)14-7-27)39-34-25-45(24-28-8-15-32(51-3)16-9-28)40(33-20-29(42)10-17-35(33)41)38(34)36(46(47)48)21-37(39)43/h4-17,20-21,40H,18-19,22-25H2,1-3H3. The lowest BCUT2D eigenvalue weighted by molar-refractivity contribution is -0.385. The zero-order valence-electron chi connectivity index (χ0n) is 28.6. The molecule has 0 aliphatic carbocycles. The van der Waals surface area contributed by atoms with Gasteiger partial charge in [0.2, 0.25) is 0 Å². The smallest absolute Gasteiger partial charge is 0.277 e. The number of nitrogens with zero attached hydrogens (tertiary/aromatic N) is 4. The highest BCUT2D eigenvalue weighted by atomic mass is 35.5. The molecule has 0 bridgehead atoms. The van der Waals surface area contributed by atoms with Crippen LogP contribution < -0.4 is 24.0 Å². The van der Waals surface area contributed by atoms with E-state index in [4.69, 9.17) is 25.8 Å². The van der Waals surface area contributed by atoms with E-state index in [9.17, 15) is 14.5 Å². The molecule has 0 amide bonds. The molecule has 7 rings (SSSR count). The minimum atomic E-state index is -0.671. The normalized spacial score (nSPS) is 15.4. The van der Waals surface area contributed by atoms with Gasteiger partial charge >= 0.3 is 0 Å². The highest BCUT2D eigenvalue weighted by Crippen LogP contribution is 2.53. The molecule has 9 nitrogen and oxygen atoms in total. The Morgan fingerprint density at radius 2 is 1.25 bits per heavy atom. The fourth-order valence-corrected chi connectivity index (χ4v) is 7.51. The van der Waals surface area contributed by atoms with Crippen molar-refractivity contribution in [1.82, 2.24) is 4.90 Å². The number of halogens is 2. The largest absolute Gasteiger partial charge is 0.497 e. The van der Waals surface area contributed by atoms with Crippen molar-refractivity contribution in [2.24, 2.45) is 0 Å². The fourth-order valence-electron chi connectivity index (χ4n) is 7.29. The molecule has 1 atom stereocenters. The van der Waals surface area contributed by atoms with Crippen LogP contribution in [-0.4, -0.2) is 44.2 Å². The monoisotopic (exact) mass is 708 g/mol. The minimum absolute atomic E-state index is 0.0164. The van der Waals surface area contributed by atoms with Gasteiger partial charge in [0.05, 0.1) is 49.2 Å². The quantitative estimate of drug-likeness (QED) is 0.0998. The van der Waals surface area contributed by atoms with Gasteiger partial charge in [-0.15, -0.1) is 0 Å². The van der Waals surface area contributed by atoms with Gasteiger partial charge in [-0.25, -0.2) is 4.39 Å². The molecular formula is C40H38ClFN4O5. The third-order valence-electron chi connectivity index (χ3n) is 9.76. The van der Waals surface area contributed by atoms with Crippen LogP contribution in [0.4, 0.5) is 21.5 Å². The van der Waals surface area contributed by atoms with E-state index in [1.807, 2.05) is 72.8 Å². The van der Waals surface area contributed by atoms with Crippen LogP contribution in [-0.2, 0) is 26.2 Å². The Morgan fingerprint density at radius 1 is 0.745 bits per heavy atom. The molecule has 0 N–H and O–H groups in total. The summed E-state index contributed by atoms with van der Waals surface area (Å²) in [6, 6.07) is 28.8. The number of nitro benzene ring substituents is 1. The molecule has 0 radical (unpaired) electrons. The van der Waals surface area contributed by atoms with Crippen LogP contribution in [0.1, 0.15) is 39.4 Å². The van der Waals surface area contributed by atoms with Crippen LogP contribution >= 0.6 is 11.6 Å². The minimum Gasteiger partial charge on any atom is -0.497 e. The van der Waals surface area contributed by atoms with Crippen LogP contribution in [0.3, 0.4) is 0 Å². The first-order chi connectivity index (χ1) is 24.8. The predicted octanol–water partition coefficient (Wildman–Crippen LogP) is 8.55. The molecule has 2 aliphatic rings. The summed E-state index contributed by atoms with van der Waals surface area (Å²) in [5, 5.41) is 13.4. The van der Waals surface area contributed by atoms with E-state index < -0.39 is 11.9 Å². The summed E-state index contributed by atoms with van der Waals surface area (Å²) < 4.78 is 31.1. The molecule has 0 aromatic heterocycles. The lowest BCUT2D eigenvalue weighted by atomic mass is 9.92. The van der Waals surface area contributed by atoms with Crippen LogP contribution in [0, 0.1) is 15.9 Å². The maximum absolute atomic E-state index is 15.0. The lowest BCUT2D eigenvalue weighted by Gasteiger charge is -2.40. The summed E-state index contributed by atoms with van der Waals surface area (Å²) in [6.45, 7) is 3.30. The van der Waals surface area contributed by atoms with Crippen molar-refractivity contribution < 1.29 is 23.5 Å². The highest BCUT2D eigenvalue weighted by molar-refractivity contribution is 6.31. The Bertz CT molecular complexity index is 2040. The van der Waals surface area contributed by atoms with Gasteiger partial charge in [-0.1, -0.05) is 48.0 Å². The zero-order chi connectivity index (χ0) is 35.6. The number of hydrogen-bond acceptors (Lipinski definition) is 8. The van der Waals surface area contributed by atoms with Gasteiger partial charge in [-0.05, 0) is 76.9 Å². The Labute approximate surface area is 301 Å². The SMILES string of the molecule is COc1ccc(CN2CCN(Cc3ccc(OC)cc3)c3c2cc([N+](=O)[O-])c2c3CN(Cc3ccc(OC)cc3)C2c2cc(F)ccc2Cl)cc1. The summed E-state index contributed by atoms with van der Waals surface area (Å²) >= 11 is 6.80. The number of anilines is 2. The van der Waals surface area contributed by atoms with E-state index in [-0.39, 0.29) is 10.6 Å². The van der Waals surface area contributed by atoms with Crippen molar-refractivity contribution >= 4 is 28.7 Å². The molecule has 2 aliphatic heterocycles. The highest BCUT2D eigenvalue weighted by Gasteiger charge is 2.43. The fraction of sp³-hybridized carbons (Fsp3) is 0.250. The molecule has 11 heteroatoms. The number of benzene rings is 5. The predicted molar refractivity (Wildman–Crippen MR) is 197 cm³/mol. The molecule has 0 saturated heterocycles. The molecule has 0 fully saturated rings. The average molecular weight is 709 g/mol. The van der Waals surface area contributed by atoms with Gasteiger partial charge < -0.3 is 24.0 Å². The Morgan fingerprint density at radius 3 is 1.78 bits per heavy atom. The van der Waals surface area contributed by atoms with Gasteiger partial charge in [0.15, 0.2) is 0 Å². The van der Waals surface area contributed by atoms with Crippen LogP contribution in [0.25, 0.3) is 0 Å². The molecule has 1 unspecified atom stereocenters. The number of hydrogen-bond donors (Lipinski definition) is 0. The van der Waals surface area contributed by atoms with Crippen molar-refractivity contribution in [3.05, 3.63) is 151 Å². The number of rotatable bonds is 11. The van der Waals surface area contributed by atoms with Gasteiger partial charge in [0.1, 0.15) is 23.1 Å². The van der Waals surface area contributed by atoms with Gasteiger partial charge in [0.25, 0.3) is 5.69 Å². The molecule has 2 heterocycles. The topological polar surface area (TPSA) is 80.5 Å². The van der Waals surface area contributed by atoms with Crippen LogP contribution in [0.2, 0.25) is 5.02 Å². The molecule has 51 heavy (non-hydrogen) atoms. The second-order valence-corrected chi connectivity index (χ2v) is 13.2. The third kappa shape index (κ3) is 6.89. The maximum Gasteiger partial charge on any atom is 0.277 e. The number of nitro groups is 1. The van der Waals surface area contributed by atoms with E-state index in [0.29, 0.717) is 55.4 Å². The van der Waals surface area contributed by atoms with E-state index >= 15 is 0 Å². The summed E-state index contributed by atoms with van der Waals surface area (Å²) in [5.41, 5.74) is 6.67. The van der Waals surface area contributed by atoms with Gasteiger partial charge in [-0.2, -0.15) is 0 Å². The average Bonchev–Trinajstić information content (AvgIpc) is 3.52. The first kappa shape index (κ1) is 34.1. The Kier molecular flexibility index (Phi) is 9.71. The third-order valence-corrected chi connectivity index (χ3v) is 10.1. The van der Waals surface area contributed by atoms with Crippen LogP contribution in [0.15, 0.2) is 97.1 Å². The Hall–Kier alpha value is -5.32. The van der Waals surface area contributed by atoms with Crippen molar-refractivity contribution in [2.45, 2.75) is 32.2 Å². The molecule has 262 valence electrons. The van der Waals surface area contributed by atoms with Crippen LogP contribution in [0.5, 0.6) is 17.2 Å². The first-order valence-corrected chi connectivity index (χ1v) is 17.1. The van der Waals surface area contributed by atoms with Crippen molar-refractivity contribution in [1.29, 1.82) is 0 Å². The van der Waals surface area contributed by atoms with Crippen molar-refractivity contribution in [3.8, 4) is 17.2 Å². The zero-order valence-corrected chi connectivity index (χ0v) is 29.4. The number of methoxy groups -OCH3 is 3.